The molecule has 4 aromatic rings. The molecule has 10 heteroatoms. The summed E-state index contributed by atoms with van der Waals surface area (Å²) in [6, 6.07) is 12.7. The molecule has 2 heterocycles. The van der Waals surface area contributed by atoms with E-state index >= 15 is 0 Å². The Labute approximate surface area is 171 Å². The van der Waals surface area contributed by atoms with Crippen LogP contribution in [0.15, 0.2) is 42.5 Å². The number of aromatic nitrogens is 7. The lowest BCUT2D eigenvalue weighted by molar-refractivity contribution is 0.102. The second-order valence-electron chi connectivity index (χ2n) is 6.51. The largest absolute Gasteiger partial charge is 0.320 e. The van der Waals surface area contributed by atoms with Crippen LogP contribution in [0.25, 0.3) is 11.4 Å². The Balaban J connectivity index is 1.62. The molecule has 0 atom stereocenters. The van der Waals surface area contributed by atoms with Crippen molar-refractivity contribution >= 4 is 23.2 Å². The Morgan fingerprint density at radius 2 is 1.83 bits per heavy atom. The summed E-state index contributed by atoms with van der Waals surface area (Å²) >= 11 is 6.05. The molecule has 0 saturated carbocycles. The first-order valence-electron chi connectivity index (χ1n) is 8.79. The fourth-order valence-corrected chi connectivity index (χ4v) is 3.14. The summed E-state index contributed by atoms with van der Waals surface area (Å²) in [5.41, 5.74) is 3.92. The topological polar surface area (TPSA) is 103 Å². The number of anilines is 1. The van der Waals surface area contributed by atoms with Crippen LogP contribution in [-0.4, -0.2) is 41.1 Å². The van der Waals surface area contributed by atoms with Crippen LogP contribution in [0.3, 0.4) is 0 Å². The minimum Gasteiger partial charge on any atom is -0.320 e. The van der Waals surface area contributed by atoms with Gasteiger partial charge in [-0.1, -0.05) is 28.9 Å². The predicted octanol–water partition coefficient (Wildman–Crippen LogP) is 3.07. The van der Waals surface area contributed by atoms with Crippen molar-refractivity contribution in [2.24, 2.45) is 0 Å². The molecule has 0 aliphatic carbocycles. The van der Waals surface area contributed by atoms with Crippen molar-refractivity contribution < 1.29 is 4.79 Å². The average molecular weight is 409 g/mol. The molecule has 9 nitrogen and oxygen atoms in total. The summed E-state index contributed by atoms with van der Waals surface area (Å²) in [6.45, 7) is 5.53. The predicted molar refractivity (Wildman–Crippen MR) is 108 cm³/mol. The second kappa shape index (κ2) is 7.44. The van der Waals surface area contributed by atoms with Gasteiger partial charge in [0.25, 0.3) is 5.91 Å². The Morgan fingerprint density at radius 3 is 2.55 bits per heavy atom. The maximum Gasteiger partial charge on any atom is 0.278 e. The van der Waals surface area contributed by atoms with Gasteiger partial charge in [0.05, 0.1) is 17.1 Å². The fraction of sp³-hybridized carbons (Fsp3) is 0.158. The molecule has 1 N–H and O–H groups in total. The lowest BCUT2D eigenvalue weighted by Gasteiger charge is -2.10. The molecule has 0 radical (unpaired) electrons. The Kier molecular flexibility index (Phi) is 4.81. The third kappa shape index (κ3) is 3.59. The number of carbonyl (C=O) groups is 1. The summed E-state index contributed by atoms with van der Waals surface area (Å²) in [6.07, 6.45) is 0. The van der Waals surface area contributed by atoms with Crippen LogP contribution >= 0.6 is 11.6 Å². The molecular formula is C19H17ClN8O. The standard InChI is InChI=1S/C19H17ClN8O/c1-11-7-8-15(10-17(11)28-13(3)22-24-26-28)21-19(29)18-12(2)27(25-23-18)16-6-4-5-14(20)9-16/h4-10H,1-3H3,(H,21,29). The molecular weight excluding hydrogens is 392 g/mol. The van der Waals surface area contributed by atoms with Gasteiger partial charge in [0.15, 0.2) is 11.5 Å². The first-order valence-corrected chi connectivity index (χ1v) is 9.17. The molecule has 0 bridgehead atoms. The summed E-state index contributed by atoms with van der Waals surface area (Å²) in [4.78, 5) is 12.8. The zero-order chi connectivity index (χ0) is 20.5. The van der Waals surface area contributed by atoms with E-state index in [1.807, 2.05) is 44.2 Å². The number of benzene rings is 2. The third-order valence-electron chi connectivity index (χ3n) is 4.48. The van der Waals surface area contributed by atoms with Crippen molar-refractivity contribution in [3.63, 3.8) is 0 Å². The Morgan fingerprint density at radius 1 is 1.00 bits per heavy atom. The molecule has 2 aromatic heterocycles. The number of nitrogens with one attached hydrogen (secondary N) is 1. The summed E-state index contributed by atoms with van der Waals surface area (Å²) in [5, 5.41) is 23.1. The molecule has 1 amide bonds. The van der Waals surface area contributed by atoms with Gasteiger partial charge in [0, 0.05) is 10.7 Å². The van der Waals surface area contributed by atoms with Crippen molar-refractivity contribution in [2.75, 3.05) is 5.32 Å². The third-order valence-corrected chi connectivity index (χ3v) is 4.72. The van der Waals surface area contributed by atoms with Crippen molar-refractivity contribution in [1.29, 1.82) is 0 Å². The Bertz CT molecular complexity index is 1210. The van der Waals surface area contributed by atoms with Gasteiger partial charge in [-0.05, 0) is 67.1 Å². The van der Waals surface area contributed by atoms with E-state index in [-0.39, 0.29) is 11.6 Å². The van der Waals surface area contributed by atoms with Gasteiger partial charge in [-0.3, -0.25) is 4.79 Å². The second-order valence-corrected chi connectivity index (χ2v) is 6.94. The van der Waals surface area contributed by atoms with Gasteiger partial charge >= 0.3 is 0 Å². The first-order chi connectivity index (χ1) is 13.9. The zero-order valence-electron chi connectivity index (χ0n) is 16.0. The SMILES string of the molecule is Cc1ccc(NC(=O)c2nnn(-c3cccc(Cl)c3)c2C)cc1-n1nnnc1C. The van der Waals surface area contributed by atoms with Crippen LogP contribution in [0.1, 0.15) is 27.6 Å². The van der Waals surface area contributed by atoms with E-state index in [9.17, 15) is 4.79 Å². The lowest BCUT2D eigenvalue weighted by Crippen LogP contribution is -2.15. The molecule has 0 unspecified atom stereocenters. The van der Waals surface area contributed by atoms with Crippen molar-refractivity contribution in [2.45, 2.75) is 20.8 Å². The van der Waals surface area contributed by atoms with Gasteiger partial charge < -0.3 is 5.32 Å². The minimum absolute atomic E-state index is 0.228. The summed E-state index contributed by atoms with van der Waals surface area (Å²) in [7, 11) is 0. The Hall–Kier alpha value is -3.59. The van der Waals surface area contributed by atoms with Gasteiger partial charge in [-0.25, -0.2) is 4.68 Å². The highest BCUT2D eigenvalue weighted by molar-refractivity contribution is 6.30. The molecule has 29 heavy (non-hydrogen) atoms. The summed E-state index contributed by atoms with van der Waals surface area (Å²) in [5.74, 6) is 0.288. The summed E-state index contributed by atoms with van der Waals surface area (Å²) < 4.78 is 3.19. The van der Waals surface area contributed by atoms with Crippen LogP contribution in [0.4, 0.5) is 5.69 Å². The van der Waals surface area contributed by atoms with E-state index < -0.39 is 0 Å². The highest BCUT2D eigenvalue weighted by Crippen LogP contribution is 2.21. The highest BCUT2D eigenvalue weighted by Gasteiger charge is 2.18. The number of rotatable bonds is 4. The number of aryl methyl sites for hydroxylation is 2. The van der Waals surface area contributed by atoms with Crippen molar-refractivity contribution in [1.82, 2.24) is 35.2 Å². The molecule has 0 fully saturated rings. The number of amides is 1. The number of hydrogen-bond acceptors (Lipinski definition) is 6. The molecule has 0 saturated heterocycles. The van der Waals surface area contributed by atoms with Crippen LogP contribution in [0.2, 0.25) is 5.02 Å². The van der Waals surface area contributed by atoms with Crippen molar-refractivity contribution in [3.05, 3.63) is 70.3 Å². The van der Waals surface area contributed by atoms with E-state index in [1.54, 1.807) is 28.4 Å². The van der Waals surface area contributed by atoms with E-state index in [1.165, 1.54) is 0 Å². The van der Waals surface area contributed by atoms with E-state index in [2.05, 4.69) is 31.2 Å². The van der Waals surface area contributed by atoms with E-state index in [4.69, 9.17) is 11.6 Å². The maximum atomic E-state index is 12.8. The van der Waals surface area contributed by atoms with Crippen LogP contribution < -0.4 is 5.32 Å². The molecule has 146 valence electrons. The monoisotopic (exact) mass is 408 g/mol. The van der Waals surface area contributed by atoms with Crippen LogP contribution in [-0.2, 0) is 0 Å². The maximum absolute atomic E-state index is 12.8. The smallest absolute Gasteiger partial charge is 0.278 e. The van der Waals surface area contributed by atoms with Crippen LogP contribution in [0, 0.1) is 20.8 Å². The van der Waals surface area contributed by atoms with E-state index in [0.29, 0.717) is 22.2 Å². The number of carbonyl (C=O) groups excluding carboxylic acids is 1. The lowest BCUT2D eigenvalue weighted by atomic mass is 10.1. The molecule has 4 rings (SSSR count). The molecule has 2 aromatic carbocycles. The minimum atomic E-state index is -0.362. The molecule has 0 spiro atoms. The van der Waals surface area contributed by atoms with E-state index in [0.717, 1.165) is 16.9 Å². The average Bonchev–Trinajstić information content (AvgIpc) is 3.29. The van der Waals surface area contributed by atoms with Gasteiger partial charge in [0.1, 0.15) is 0 Å². The van der Waals surface area contributed by atoms with Gasteiger partial charge in [-0.15, -0.1) is 10.2 Å². The first kappa shape index (κ1) is 18.8. The normalized spacial score (nSPS) is 10.9. The number of halogens is 1. The number of tetrazole rings is 1. The van der Waals surface area contributed by atoms with Gasteiger partial charge in [-0.2, -0.15) is 4.68 Å². The number of nitrogens with zero attached hydrogens (tertiary/aromatic N) is 7. The van der Waals surface area contributed by atoms with Gasteiger partial charge in [0.2, 0.25) is 0 Å². The van der Waals surface area contributed by atoms with Crippen molar-refractivity contribution in [3.8, 4) is 11.4 Å². The highest BCUT2D eigenvalue weighted by atomic mass is 35.5. The number of hydrogen-bond donors (Lipinski definition) is 1. The molecule has 0 aliphatic heterocycles. The molecule has 0 aliphatic rings. The quantitative estimate of drug-likeness (QED) is 0.556. The zero-order valence-corrected chi connectivity index (χ0v) is 16.7. The van der Waals surface area contributed by atoms with Crippen LogP contribution in [0.5, 0.6) is 0 Å². The fourth-order valence-electron chi connectivity index (χ4n) is 2.95.